The topological polar surface area (TPSA) is 75.7 Å². The molecule has 1 aromatic rings. The molecule has 7 heteroatoms. The van der Waals surface area contributed by atoms with Crippen LogP contribution >= 0.6 is 15.9 Å². The Balaban J connectivity index is 1.50. The Morgan fingerprint density at radius 1 is 1.29 bits per heavy atom. The van der Waals surface area contributed by atoms with Gasteiger partial charge in [-0.25, -0.2) is 0 Å². The predicted octanol–water partition coefficient (Wildman–Crippen LogP) is 1.87. The third kappa shape index (κ3) is 4.14. The van der Waals surface area contributed by atoms with Gasteiger partial charge in [-0.05, 0) is 46.8 Å². The van der Waals surface area contributed by atoms with Crippen molar-refractivity contribution >= 4 is 39.4 Å². The minimum atomic E-state index is -0.458. The molecule has 1 aliphatic heterocycles. The first-order valence-corrected chi connectivity index (χ1v) is 8.82. The van der Waals surface area contributed by atoms with Gasteiger partial charge in [0.1, 0.15) is 6.54 Å². The number of para-hydroxylation sites is 1. The van der Waals surface area contributed by atoms with E-state index >= 15 is 0 Å². The molecule has 2 fully saturated rings. The number of nitrogens with zero attached hydrogens (tertiary/aromatic N) is 1. The van der Waals surface area contributed by atoms with Crippen LogP contribution in [0.5, 0.6) is 0 Å². The maximum Gasteiger partial charge on any atom is 0.325 e. The zero-order valence-electron chi connectivity index (χ0n) is 13.2. The second kappa shape index (κ2) is 7.34. The number of anilines is 1. The Morgan fingerprint density at radius 2 is 2.04 bits per heavy atom. The van der Waals surface area contributed by atoms with E-state index in [-0.39, 0.29) is 24.8 Å². The average molecular weight is 395 g/mol. The maximum atomic E-state index is 12.2. The van der Waals surface area contributed by atoms with Crippen molar-refractivity contribution in [1.29, 1.82) is 0 Å². The van der Waals surface area contributed by atoms with Gasteiger partial charge in [0.15, 0.2) is 0 Å². The fraction of sp³-hybridized carbons (Fsp3) is 0.471. The predicted molar refractivity (Wildman–Crippen MR) is 91.3 cm³/mol. The number of hydrogen-bond donors (Lipinski definition) is 1. The van der Waals surface area contributed by atoms with E-state index in [1.807, 2.05) is 24.3 Å². The van der Waals surface area contributed by atoms with Crippen LogP contribution in [0.15, 0.2) is 28.7 Å². The summed E-state index contributed by atoms with van der Waals surface area (Å²) < 4.78 is 5.88. The van der Waals surface area contributed by atoms with Gasteiger partial charge in [0, 0.05) is 17.4 Å². The molecule has 24 heavy (non-hydrogen) atoms. The smallest absolute Gasteiger partial charge is 0.325 e. The summed E-state index contributed by atoms with van der Waals surface area (Å²) >= 11 is 3.42. The second-order valence-electron chi connectivity index (χ2n) is 6.20. The van der Waals surface area contributed by atoms with Crippen molar-refractivity contribution in [2.45, 2.75) is 19.3 Å². The van der Waals surface area contributed by atoms with Gasteiger partial charge in [-0.15, -0.1) is 0 Å². The number of halogens is 1. The molecule has 2 amide bonds. The second-order valence-corrected chi connectivity index (χ2v) is 7.06. The van der Waals surface area contributed by atoms with Gasteiger partial charge in [-0.2, -0.15) is 0 Å². The Bertz CT molecular complexity index is 660. The lowest BCUT2D eigenvalue weighted by atomic mass is 10.1. The van der Waals surface area contributed by atoms with Crippen molar-refractivity contribution in [2.24, 2.45) is 11.8 Å². The highest BCUT2D eigenvalue weighted by molar-refractivity contribution is 9.10. The van der Waals surface area contributed by atoms with Crippen LogP contribution in [0.3, 0.4) is 0 Å². The minimum Gasteiger partial charge on any atom is -0.464 e. The van der Waals surface area contributed by atoms with E-state index in [1.165, 1.54) is 0 Å². The summed E-state index contributed by atoms with van der Waals surface area (Å²) in [6, 6.07) is 7.39. The Hall–Kier alpha value is -1.89. The fourth-order valence-corrected chi connectivity index (χ4v) is 3.14. The van der Waals surface area contributed by atoms with Crippen LogP contribution in [-0.4, -0.2) is 37.5 Å². The molecule has 0 aromatic heterocycles. The standard InChI is InChI=1S/C17H19BrN2O4/c18-13-3-1-2-4-14(13)20-9-12(7-15(20)21)17(23)19-8-16(22)24-10-11-5-6-11/h1-4,11-12H,5-10H2,(H,19,23). The van der Waals surface area contributed by atoms with Crippen molar-refractivity contribution in [1.82, 2.24) is 5.32 Å². The number of rotatable bonds is 6. The molecule has 0 bridgehead atoms. The van der Waals surface area contributed by atoms with Crippen LogP contribution in [0.1, 0.15) is 19.3 Å². The third-order valence-corrected chi connectivity index (χ3v) is 4.89. The summed E-state index contributed by atoms with van der Waals surface area (Å²) in [6.07, 6.45) is 2.35. The van der Waals surface area contributed by atoms with E-state index in [1.54, 1.807) is 4.90 Å². The van der Waals surface area contributed by atoms with Crippen LogP contribution in [0.25, 0.3) is 0 Å². The van der Waals surface area contributed by atoms with Crippen LogP contribution in [0.2, 0.25) is 0 Å². The summed E-state index contributed by atoms with van der Waals surface area (Å²) in [5.74, 6) is -0.780. The molecule has 1 aromatic carbocycles. The molecule has 3 rings (SSSR count). The van der Waals surface area contributed by atoms with Crippen LogP contribution < -0.4 is 10.2 Å². The number of carbonyl (C=O) groups excluding carboxylic acids is 3. The van der Waals surface area contributed by atoms with Crippen molar-refractivity contribution in [2.75, 3.05) is 24.6 Å². The van der Waals surface area contributed by atoms with Crippen molar-refractivity contribution in [3.05, 3.63) is 28.7 Å². The van der Waals surface area contributed by atoms with E-state index in [4.69, 9.17) is 4.74 Å². The first kappa shape index (κ1) is 17.0. The lowest BCUT2D eigenvalue weighted by Gasteiger charge is -2.18. The van der Waals surface area contributed by atoms with Crippen molar-refractivity contribution in [3.8, 4) is 0 Å². The lowest BCUT2D eigenvalue weighted by Crippen LogP contribution is -2.36. The summed E-state index contributed by atoms with van der Waals surface area (Å²) in [7, 11) is 0. The summed E-state index contributed by atoms with van der Waals surface area (Å²) in [6.45, 7) is 0.599. The molecular formula is C17H19BrN2O4. The highest BCUT2D eigenvalue weighted by Crippen LogP contribution is 2.31. The largest absolute Gasteiger partial charge is 0.464 e. The minimum absolute atomic E-state index is 0.0987. The number of amides is 2. The van der Waals surface area contributed by atoms with Gasteiger partial charge in [-0.3, -0.25) is 14.4 Å². The van der Waals surface area contributed by atoms with Gasteiger partial charge in [0.25, 0.3) is 0 Å². The SMILES string of the molecule is O=C(CNC(=O)C1CC(=O)N(c2ccccc2Br)C1)OCC1CC1. The summed E-state index contributed by atoms with van der Waals surface area (Å²) in [4.78, 5) is 37.6. The maximum absolute atomic E-state index is 12.2. The van der Waals surface area contributed by atoms with E-state index < -0.39 is 11.9 Å². The van der Waals surface area contributed by atoms with Gasteiger partial charge in [0.2, 0.25) is 11.8 Å². The number of nitrogens with one attached hydrogen (secondary N) is 1. The zero-order valence-corrected chi connectivity index (χ0v) is 14.8. The molecule has 128 valence electrons. The van der Waals surface area contributed by atoms with Gasteiger partial charge < -0.3 is 15.0 Å². The lowest BCUT2D eigenvalue weighted by molar-refractivity contribution is -0.144. The van der Waals surface area contributed by atoms with Crippen LogP contribution in [0.4, 0.5) is 5.69 Å². The Morgan fingerprint density at radius 3 is 2.75 bits per heavy atom. The summed E-state index contributed by atoms with van der Waals surface area (Å²) in [5.41, 5.74) is 0.752. The molecule has 1 N–H and O–H groups in total. The molecule has 1 saturated heterocycles. The van der Waals surface area contributed by atoms with Gasteiger partial charge >= 0.3 is 5.97 Å². The molecular weight excluding hydrogens is 376 g/mol. The highest BCUT2D eigenvalue weighted by Gasteiger charge is 2.35. The van der Waals surface area contributed by atoms with Crippen molar-refractivity contribution in [3.63, 3.8) is 0 Å². The number of benzene rings is 1. The van der Waals surface area contributed by atoms with E-state index in [0.717, 1.165) is 23.0 Å². The van der Waals surface area contributed by atoms with Gasteiger partial charge in [0.05, 0.1) is 18.2 Å². The molecule has 1 heterocycles. The number of hydrogen-bond acceptors (Lipinski definition) is 4. The quantitative estimate of drug-likeness (QED) is 0.747. The third-order valence-electron chi connectivity index (χ3n) is 4.22. The normalized spacial score (nSPS) is 20.1. The van der Waals surface area contributed by atoms with Crippen LogP contribution in [-0.2, 0) is 19.1 Å². The molecule has 1 atom stereocenters. The van der Waals surface area contributed by atoms with Crippen molar-refractivity contribution < 1.29 is 19.1 Å². The number of ether oxygens (including phenoxy) is 1. The molecule has 2 aliphatic rings. The monoisotopic (exact) mass is 394 g/mol. The van der Waals surface area contributed by atoms with Gasteiger partial charge in [-0.1, -0.05) is 12.1 Å². The first-order chi connectivity index (χ1) is 11.5. The molecule has 1 unspecified atom stereocenters. The molecule has 0 spiro atoms. The number of carbonyl (C=O) groups is 3. The Kier molecular flexibility index (Phi) is 5.18. The molecule has 1 aliphatic carbocycles. The van der Waals surface area contributed by atoms with E-state index in [2.05, 4.69) is 21.2 Å². The fourth-order valence-electron chi connectivity index (χ4n) is 2.64. The van der Waals surface area contributed by atoms with E-state index in [9.17, 15) is 14.4 Å². The Labute approximate surface area is 148 Å². The highest BCUT2D eigenvalue weighted by atomic mass is 79.9. The number of esters is 1. The molecule has 0 radical (unpaired) electrons. The summed E-state index contributed by atoms with van der Waals surface area (Å²) in [5, 5.41) is 2.57. The van der Waals surface area contributed by atoms with E-state index in [0.29, 0.717) is 19.1 Å². The first-order valence-electron chi connectivity index (χ1n) is 8.03. The average Bonchev–Trinajstić information content (AvgIpc) is 3.32. The zero-order chi connectivity index (χ0) is 17.1. The molecule has 1 saturated carbocycles. The molecule has 6 nitrogen and oxygen atoms in total. The van der Waals surface area contributed by atoms with Crippen LogP contribution in [0, 0.1) is 11.8 Å².